The molecule has 1 aliphatic heterocycles. The van der Waals surface area contributed by atoms with Crippen molar-refractivity contribution in [3.05, 3.63) is 83.4 Å². The van der Waals surface area contributed by atoms with Gasteiger partial charge in [0.2, 0.25) is 0 Å². The number of rotatable bonds is 4. The van der Waals surface area contributed by atoms with E-state index in [2.05, 4.69) is 76.3 Å². The van der Waals surface area contributed by atoms with Gasteiger partial charge in [0.25, 0.3) is 0 Å². The van der Waals surface area contributed by atoms with Crippen LogP contribution in [0.1, 0.15) is 66.2 Å². The Labute approximate surface area is 183 Å². The minimum Gasteiger partial charge on any atom is -0.351 e. The van der Waals surface area contributed by atoms with Crippen LogP contribution < -0.4 is 10.2 Å². The van der Waals surface area contributed by atoms with Gasteiger partial charge < -0.3 is 14.8 Å². The molecule has 30 heavy (non-hydrogen) atoms. The number of pyridine rings is 1. The SMILES string of the molecule is Cc1cc(C)cc(N2C(=S)N[C@H](c3ccccn3)[C@H]2c2ccn(C3CCCC3)c2)c1. The number of nitrogens with one attached hydrogen (secondary N) is 1. The van der Waals surface area contributed by atoms with E-state index in [1.54, 1.807) is 0 Å². The van der Waals surface area contributed by atoms with Crippen LogP contribution in [-0.2, 0) is 0 Å². The molecule has 0 amide bonds. The van der Waals surface area contributed by atoms with Crippen molar-refractivity contribution in [2.45, 2.75) is 57.7 Å². The Morgan fingerprint density at radius 2 is 1.80 bits per heavy atom. The smallest absolute Gasteiger partial charge is 0.174 e. The summed E-state index contributed by atoms with van der Waals surface area (Å²) in [5.74, 6) is 0. The molecule has 1 saturated carbocycles. The molecule has 2 aromatic heterocycles. The van der Waals surface area contributed by atoms with Crippen molar-refractivity contribution >= 4 is 23.0 Å². The van der Waals surface area contributed by atoms with Crippen LogP contribution in [0, 0.1) is 13.8 Å². The second kappa shape index (κ2) is 7.88. The maximum atomic E-state index is 5.86. The molecule has 5 rings (SSSR count). The molecule has 3 heterocycles. The molecule has 1 aromatic carbocycles. The van der Waals surface area contributed by atoms with Gasteiger partial charge in [-0.1, -0.05) is 25.0 Å². The average molecular weight is 417 g/mol. The van der Waals surface area contributed by atoms with E-state index in [0.717, 1.165) is 16.5 Å². The van der Waals surface area contributed by atoms with Gasteiger partial charge in [0.15, 0.2) is 5.11 Å². The van der Waals surface area contributed by atoms with Crippen LogP contribution in [0.2, 0.25) is 0 Å². The fourth-order valence-corrected chi connectivity index (χ4v) is 5.44. The molecule has 4 nitrogen and oxygen atoms in total. The Morgan fingerprint density at radius 3 is 2.50 bits per heavy atom. The lowest BCUT2D eigenvalue weighted by molar-refractivity contribution is 0.515. The summed E-state index contributed by atoms with van der Waals surface area (Å²) in [6.07, 6.45) is 11.7. The highest BCUT2D eigenvalue weighted by Gasteiger charge is 2.41. The maximum absolute atomic E-state index is 5.86. The van der Waals surface area contributed by atoms with Crippen molar-refractivity contribution in [2.75, 3.05) is 4.90 Å². The highest BCUT2D eigenvalue weighted by atomic mass is 32.1. The lowest BCUT2D eigenvalue weighted by atomic mass is 9.98. The lowest BCUT2D eigenvalue weighted by Gasteiger charge is -2.28. The molecule has 0 radical (unpaired) electrons. The summed E-state index contributed by atoms with van der Waals surface area (Å²) in [5.41, 5.74) is 5.93. The zero-order valence-corrected chi connectivity index (χ0v) is 18.4. The van der Waals surface area contributed by atoms with Gasteiger partial charge in [-0.15, -0.1) is 0 Å². The zero-order valence-electron chi connectivity index (χ0n) is 17.6. The fraction of sp³-hybridized carbons (Fsp3) is 0.360. The monoisotopic (exact) mass is 416 g/mol. The minimum absolute atomic E-state index is 0.0129. The Balaban J connectivity index is 1.59. The van der Waals surface area contributed by atoms with Gasteiger partial charge in [0.05, 0.1) is 17.8 Å². The number of anilines is 1. The number of nitrogens with zero attached hydrogens (tertiary/aromatic N) is 3. The third-order valence-corrected chi connectivity index (χ3v) is 6.72. The first-order valence-corrected chi connectivity index (χ1v) is 11.3. The molecular weight excluding hydrogens is 388 g/mol. The van der Waals surface area contributed by atoms with Gasteiger partial charge >= 0.3 is 0 Å². The molecule has 2 aliphatic rings. The van der Waals surface area contributed by atoms with Crippen LogP contribution in [0.4, 0.5) is 5.69 Å². The van der Waals surface area contributed by atoms with Crippen molar-refractivity contribution in [3.63, 3.8) is 0 Å². The van der Waals surface area contributed by atoms with Crippen LogP contribution in [0.3, 0.4) is 0 Å². The van der Waals surface area contributed by atoms with Crippen LogP contribution in [0.25, 0.3) is 0 Å². The normalized spacial score (nSPS) is 21.9. The Bertz CT molecular complexity index is 1030. The summed E-state index contributed by atoms with van der Waals surface area (Å²) in [4.78, 5) is 6.94. The van der Waals surface area contributed by atoms with Gasteiger partial charge in [-0.05, 0) is 85.9 Å². The standard InChI is InChI=1S/C25H28N4S/c1-17-13-18(2)15-21(14-17)29-24(19-10-12-28(16-19)20-7-3-4-8-20)23(27-25(29)30)22-9-5-6-11-26-22/h5-6,9-16,20,23-24H,3-4,7-8H2,1-2H3,(H,27,30)/t23-,24-/m1/s1. The van der Waals surface area contributed by atoms with E-state index in [4.69, 9.17) is 12.2 Å². The first-order chi connectivity index (χ1) is 14.6. The van der Waals surface area contributed by atoms with Gasteiger partial charge in [-0.2, -0.15) is 0 Å². The van der Waals surface area contributed by atoms with Gasteiger partial charge in [-0.25, -0.2) is 0 Å². The highest BCUT2D eigenvalue weighted by molar-refractivity contribution is 7.80. The largest absolute Gasteiger partial charge is 0.351 e. The van der Waals surface area contributed by atoms with E-state index in [-0.39, 0.29) is 12.1 Å². The molecular formula is C25H28N4S. The molecule has 154 valence electrons. The zero-order chi connectivity index (χ0) is 20.7. The predicted octanol–water partition coefficient (Wildman–Crippen LogP) is 5.79. The van der Waals surface area contributed by atoms with E-state index in [1.807, 2.05) is 18.3 Å². The summed E-state index contributed by atoms with van der Waals surface area (Å²) in [7, 11) is 0. The third-order valence-electron chi connectivity index (χ3n) is 6.41. The van der Waals surface area contributed by atoms with Crippen molar-refractivity contribution in [1.82, 2.24) is 14.9 Å². The second-order valence-electron chi connectivity index (χ2n) is 8.67. The molecule has 2 atom stereocenters. The molecule has 5 heteroatoms. The summed E-state index contributed by atoms with van der Waals surface area (Å²) in [6, 6.07) is 15.7. The molecule has 1 N–H and O–H groups in total. The van der Waals surface area contributed by atoms with E-state index in [9.17, 15) is 0 Å². The van der Waals surface area contributed by atoms with Crippen molar-refractivity contribution < 1.29 is 0 Å². The van der Waals surface area contributed by atoms with Crippen molar-refractivity contribution in [2.24, 2.45) is 0 Å². The summed E-state index contributed by atoms with van der Waals surface area (Å²) in [5, 5.41) is 4.33. The Hall–Kier alpha value is -2.66. The van der Waals surface area contributed by atoms with Crippen LogP contribution >= 0.6 is 12.2 Å². The number of benzene rings is 1. The second-order valence-corrected chi connectivity index (χ2v) is 9.06. The Kier molecular flexibility index (Phi) is 5.07. The minimum atomic E-state index is 0.0129. The first kappa shape index (κ1) is 19.3. The molecule has 2 fully saturated rings. The number of hydrogen-bond donors (Lipinski definition) is 1. The average Bonchev–Trinajstić information content (AvgIpc) is 3.47. The van der Waals surface area contributed by atoms with Crippen molar-refractivity contribution in [1.29, 1.82) is 0 Å². The molecule has 0 bridgehead atoms. The van der Waals surface area contributed by atoms with E-state index in [0.29, 0.717) is 6.04 Å². The van der Waals surface area contributed by atoms with Gasteiger partial charge in [0.1, 0.15) is 0 Å². The highest BCUT2D eigenvalue weighted by Crippen LogP contribution is 2.42. The van der Waals surface area contributed by atoms with E-state index < -0.39 is 0 Å². The number of hydrogen-bond acceptors (Lipinski definition) is 2. The van der Waals surface area contributed by atoms with Crippen LogP contribution in [-0.4, -0.2) is 14.7 Å². The molecule has 0 unspecified atom stereocenters. The number of thiocarbonyl (C=S) groups is 1. The van der Waals surface area contributed by atoms with Gasteiger partial charge in [0, 0.05) is 30.3 Å². The Morgan fingerprint density at radius 1 is 1.03 bits per heavy atom. The third kappa shape index (κ3) is 3.52. The van der Waals surface area contributed by atoms with Crippen LogP contribution in [0.5, 0.6) is 0 Å². The quantitative estimate of drug-likeness (QED) is 0.546. The molecule has 3 aromatic rings. The predicted molar refractivity (Wildman–Crippen MR) is 126 cm³/mol. The number of aryl methyl sites for hydroxylation is 2. The fourth-order valence-electron chi connectivity index (χ4n) is 5.10. The summed E-state index contributed by atoms with van der Waals surface area (Å²) in [6.45, 7) is 4.29. The molecule has 1 aliphatic carbocycles. The van der Waals surface area contributed by atoms with Gasteiger partial charge in [-0.3, -0.25) is 4.98 Å². The summed E-state index contributed by atoms with van der Waals surface area (Å²) >= 11 is 5.86. The van der Waals surface area contributed by atoms with E-state index in [1.165, 1.54) is 42.4 Å². The first-order valence-electron chi connectivity index (χ1n) is 10.9. The van der Waals surface area contributed by atoms with Crippen LogP contribution in [0.15, 0.2) is 61.1 Å². The van der Waals surface area contributed by atoms with E-state index >= 15 is 0 Å². The molecule has 0 spiro atoms. The topological polar surface area (TPSA) is 33.1 Å². The lowest BCUT2D eigenvalue weighted by Crippen LogP contribution is -2.29. The maximum Gasteiger partial charge on any atom is 0.174 e. The van der Waals surface area contributed by atoms with Crippen molar-refractivity contribution in [3.8, 4) is 0 Å². The number of aromatic nitrogens is 2. The molecule has 1 saturated heterocycles. The summed E-state index contributed by atoms with van der Waals surface area (Å²) < 4.78 is 2.42.